The van der Waals surface area contributed by atoms with Gasteiger partial charge in [-0.1, -0.05) is 0 Å². The fourth-order valence-electron chi connectivity index (χ4n) is 0.457. The van der Waals surface area contributed by atoms with Crippen LogP contribution in [0.5, 0.6) is 0 Å². The molecule has 0 radical (unpaired) electrons. The van der Waals surface area contributed by atoms with Crippen molar-refractivity contribution in [1.29, 1.82) is 0 Å². The van der Waals surface area contributed by atoms with E-state index in [2.05, 4.69) is 19.4 Å². The standard InChI is InChI=1S/C4H3ClN2.C3H3NO/c5-4-6-2-1-3-7-4;1-2-5-3-4-1/h1-3H;1-3H. The molecule has 0 aliphatic rings. The summed E-state index contributed by atoms with van der Waals surface area (Å²) in [6.45, 7) is 0. The van der Waals surface area contributed by atoms with Crippen LogP contribution in [0, 0.1) is 0 Å². The van der Waals surface area contributed by atoms with Crippen molar-refractivity contribution in [2.24, 2.45) is 0 Å². The molecule has 0 saturated carbocycles. The third kappa shape index (κ3) is 3.68. The topological polar surface area (TPSA) is 51.8 Å². The molecular weight excluding hydrogens is 178 g/mol. The molecule has 0 unspecified atom stereocenters. The Hall–Kier alpha value is -1.42. The summed E-state index contributed by atoms with van der Waals surface area (Å²) in [7, 11) is 0. The Kier molecular flexibility index (Phi) is 3.80. The van der Waals surface area contributed by atoms with Crippen molar-refractivity contribution in [3.8, 4) is 0 Å². The number of aromatic nitrogens is 3. The van der Waals surface area contributed by atoms with E-state index in [1.165, 1.54) is 12.7 Å². The average molecular weight is 184 g/mol. The Morgan fingerprint density at radius 3 is 2.17 bits per heavy atom. The fraction of sp³-hybridized carbons (Fsp3) is 0. The lowest BCUT2D eigenvalue weighted by Crippen LogP contribution is -1.73. The first-order chi connectivity index (χ1) is 5.89. The molecule has 4 nitrogen and oxygen atoms in total. The van der Waals surface area contributed by atoms with E-state index in [1.54, 1.807) is 24.7 Å². The molecule has 0 saturated heterocycles. The summed E-state index contributed by atoms with van der Waals surface area (Å²) < 4.78 is 4.47. The second kappa shape index (κ2) is 5.26. The lowest BCUT2D eigenvalue weighted by molar-refractivity contribution is 0.558. The van der Waals surface area contributed by atoms with Gasteiger partial charge in [0.25, 0.3) is 0 Å². The van der Waals surface area contributed by atoms with Gasteiger partial charge in [-0.2, -0.15) is 0 Å². The molecule has 0 spiro atoms. The molecule has 2 rings (SSSR count). The summed E-state index contributed by atoms with van der Waals surface area (Å²) in [4.78, 5) is 10.8. The fourth-order valence-corrected chi connectivity index (χ4v) is 0.569. The molecule has 2 aromatic heterocycles. The SMILES string of the molecule is Clc1ncccn1.c1cocn1. The predicted molar refractivity (Wildman–Crippen MR) is 43.5 cm³/mol. The zero-order valence-corrected chi connectivity index (χ0v) is 6.85. The maximum atomic E-state index is 5.32. The van der Waals surface area contributed by atoms with Crippen LogP contribution in [-0.4, -0.2) is 15.0 Å². The number of nitrogens with zero attached hydrogens (tertiary/aromatic N) is 3. The smallest absolute Gasteiger partial charge is 0.222 e. The molecule has 0 fully saturated rings. The molecule has 0 aromatic carbocycles. The van der Waals surface area contributed by atoms with Gasteiger partial charge in [-0.3, -0.25) is 0 Å². The van der Waals surface area contributed by atoms with Crippen molar-refractivity contribution < 1.29 is 4.42 Å². The van der Waals surface area contributed by atoms with E-state index < -0.39 is 0 Å². The molecule has 2 aromatic rings. The lowest BCUT2D eigenvalue weighted by atomic mass is 10.7. The summed E-state index contributed by atoms with van der Waals surface area (Å²) >= 11 is 5.32. The van der Waals surface area contributed by atoms with Crippen LogP contribution in [-0.2, 0) is 0 Å². The van der Waals surface area contributed by atoms with E-state index in [1.807, 2.05) is 0 Å². The number of hydrogen-bond donors (Lipinski definition) is 0. The first-order valence-electron chi connectivity index (χ1n) is 3.14. The van der Waals surface area contributed by atoms with Crippen molar-refractivity contribution in [1.82, 2.24) is 15.0 Å². The molecule has 12 heavy (non-hydrogen) atoms. The van der Waals surface area contributed by atoms with Gasteiger partial charge < -0.3 is 4.42 Å². The van der Waals surface area contributed by atoms with Gasteiger partial charge in [0.05, 0.1) is 6.20 Å². The minimum absolute atomic E-state index is 0.294. The largest absolute Gasteiger partial charge is 0.452 e. The molecule has 0 bridgehead atoms. The van der Waals surface area contributed by atoms with Crippen LogP contribution in [0.15, 0.2) is 41.7 Å². The van der Waals surface area contributed by atoms with Crippen LogP contribution in [0.25, 0.3) is 0 Å². The average Bonchev–Trinajstić information content (AvgIpc) is 2.62. The van der Waals surface area contributed by atoms with Crippen LogP contribution in [0.2, 0.25) is 5.28 Å². The van der Waals surface area contributed by atoms with Gasteiger partial charge in [-0.15, -0.1) is 0 Å². The van der Waals surface area contributed by atoms with Crippen LogP contribution in [0.1, 0.15) is 0 Å². The molecule has 0 aliphatic carbocycles. The molecule has 2 heterocycles. The number of halogens is 1. The van der Waals surface area contributed by atoms with Gasteiger partial charge in [-0.25, -0.2) is 15.0 Å². The van der Waals surface area contributed by atoms with Crippen molar-refractivity contribution >= 4 is 11.6 Å². The second-order valence-electron chi connectivity index (χ2n) is 1.69. The molecule has 62 valence electrons. The first kappa shape index (κ1) is 8.67. The molecule has 0 aliphatic heterocycles. The zero-order chi connectivity index (χ0) is 8.65. The van der Waals surface area contributed by atoms with E-state index in [0.29, 0.717) is 5.28 Å². The second-order valence-corrected chi connectivity index (χ2v) is 2.03. The Morgan fingerprint density at radius 1 is 1.17 bits per heavy atom. The van der Waals surface area contributed by atoms with Crippen LogP contribution < -0.4 is 0 Å². The van der Waals surface area contributed by atoms with Crippen molar-refractivity contribution in [2.75, 3.05) is 0 Å². The van der Waals surface area contributed by atoms with E-state index in [-0.39, 0.29) is 0 Å². The van der Waals surface area contributed by atoms with E-state index in [0.717, 1.165) is 0 Å². The Morgan fingerprint density at radius 2 is 1.92 bits per heavy atom. The van der Waals surface area contributed by atoms with Gasteiger partial charge in [0.15, 0.2) is 6.39 Å². The summed E-state index contributed by atoms with van der Waals surface area (Å²) in [5, 5.41) is 0.294. The monoisotopic (exact) mass is 183 g/mol. The summed E-state index contributed by atoms with van der Waals surface area (Å²) in [5.41, 5.74) is 0. The van der Waals surface area contributed by atoms with Gasteiger partial charge in [0.2, 0.25) is 5.28 Å². The quantitative estimate of drug-likeness (QED) is 0.585. The predicted octanol–water partition coefficient (Wildman–Crippen LogP) is 1.80. The van der Waals surface area contributed by atoms with Crippen molar-refractivity contribution in [3.63, 3.8) is 0 Å². The normalized spacial score (nSPS) is 8.42. The zero-order valence-electron chi connectivity index (χ0n) is 6.09. The Bertz CT molecular complexity index is 267. The van der Waals surface area contributed by atoms with Gasteiger partial charge in [0, 0.05) is 12.4 Å². The minimum Gasteiger partial charge on any atom is -0.452 e. The maximum absolute atomic E-state index is 5.32. The van der Waals surface area contributed by atoms with Gasteiger partial charge in [-0.05, 0) is 17.7 Å². The lowest BCUT2D eigenvalue weighted by Gasteiger charge is -1.78. The number of oxazole rings is 1. The molecule has 0 atom stereocenters. The van der Waals surface area contributed by atoms with E-state index in [4.69, 9.17) is 11.6 Å². The van der Waals surface area contributed by atoms with E-state index >= 15 is 0 Å². The highest BCUT2D eigenvalue weighted by Gasteiger charge is 1.78. The number of rotatable bonds is 0. The highest BCUT2D eigenvalue weighted by Crippen LogP contribution is 1.92. The molecule has 5 heteroatoms. The highest BCUT2D eigenvalue weighted by atomic mass is 35.5. The summed E-state index contributed by atoms with van der Waals surface area (Å²) in [6.07, 6.45) is 7.66. The number of hydrogen-bond acceptors (Lipinski definition) is 4. The summed E-state index contributed by atoms with van der Waals surface area (Å²) in [6, 6.07) is 1.71. The van der Waals surface area contributed by atoms with Crippen molar-refractivity contribution in [3.05, 3.63) is 42.6 Å². The Labute approximate surface area is 74.3 Å². The molecule has 0 N–H and O–H groups in total. The third-order valence-corrected chi connectivity index (χ3v) is 1.08. The highest BCUT2D eigenvalue weighted by molar-refractivity contribution is 6.28. The Balaban J connectivity index is 0.000000127. The van der Waals surface area contributed by atoms with Crippen LogP contribution in [0.3, 0.4) is 0 Å². The van der Waals surface area contributed by atoms with Crippen molar-refractivity contribution in [2.45, 2.75) is 0 Å². The van der Waals surface area contributed by atoms with Gasteiger partial charge >= 0.3 is 0 Å². The minimum atomic E-state index is 0.294. The van der Waals surface area contributed by atoms with Gasteiger partial charge in [0.1, 0.15) is 6.26 Å². The van der Waals surface area contributed by atoms with Crippen LogP contribution in [0.4, 0.5) is 0 Å². The molecular formula is C7H6ClN3O. The van der Waals surface area contributed by atoms with E-state index in [9.17, 15) is 0 Å². The molecule has 0 amide bonds. The first-order valence-corrected chi connectivity index (χ1v) is 3.52. The maximum Gasteiger partial charge on any atom is 0.222 e. The summed E-state index contributed by atoms with van der Waals surface area (Å²) in [5.74, 6) is 0. The third-order valence-electron chi connectivity index (χ3n) is 0.881. The van der Waals surface area contributed by atoms with Crippen LogP contribution >= 0.6 is 11.6 Å².